The van der Waals surface area contributed by atoms with Crippen LogP contribution in [-0.2, 0) is 12.8 Å². The zero-order valence-electron chi connectivity index (χ0n) is 22.3. The lowest BCUT2D eigenvalue weighted by molar-refractivity contribution is 0.595. The third-order valence-electron chi connectivity index (χ3n) is 8.83. The van der Waals surface area contributed by atoms with Crippen molar-refractivity contribution in [2.45, 2.75) is 26.2 Å². The van der Waals surface area contributed by atoms with Crippen molar-refractivity contribution in [1.29, 1.82) is 0 Å². The maximum atomic E-state index is 6.48. The van der Waals surface area contributed by atoms with Crippen molar-refractivity contribution in [2.24, 2.45) is 5.92 Å². The highest BCUT2D eigenvalue weighted by atomic mass is 16.3. The molecule has 2 aliphatic rings. The molecule has 0 bridgehead atoms. The van der Waals surface area contributed by atoms with E-state index in [4.69, 9.17) is 8.83 Å². The first-order chi connectivity index (χ1) is 19.7. The number of benzene rings is 4. The molecule has 0 saturated carbocycles. The lowest BCUT2D eigenvalue weighted by Crippen LogP contribution is -2.05. The van der Waals surface area contributed by atoms with Gasteiger partial charge in [0.25, 0.3) is 0 Å². The molecule has 0 spiro atoms. The molecule has 3 aromatic heterocycles. The molecule has 1 atom stereocenters. The second-order valence-corrected chi connectivity index (χ2v) is 11.3. The fourth-order valence-electron chi connectivity index (χ4n) is 6.92. The van der Waals surface area contributed by atoms with Gasteiger partial charge >= 0.3 is 0 Å². The number of aromatic nitrogens is 1. The molecular weight excluding hydrogens is 490 g/mol. The van der Waals surface area contributed by atoms with E-state index in [2.05, 4.69) is 109 Å². The SMILES string of the molecule is CC1C=Cc2c(c3cc(-c4ccc5oc6c(c5c4)CCC=C6)ccc3n2-c2cccc3c2oc2ccccc23)C1. The van der Waals surface area contributed by atoms with Gasteiger partial charge in [-0.1, -0.05) is 61.5 Å². The van der Waals surface area contributed by atoms with Crippen molar-refractivity contribution in [3.05, 3.63) is 114 Å². The molecule has 3 nitrogen and oxygen atoms in total. The van der Waals surface area contributed by atoms with E-state index in [1.165, 1.54) is 44.2 Å². The van der Waals surface area contributed by atoms with Crippen molar-refractivity contribution >= 4 is 56.0 Å². The van der Waals surface area contributed by atoms with Crippen molar-refractivity contribution < 1.29 is 8.83 Å². The molecule has 0 aliphatic heterocycles. The monoisotopic (exact) mass is 517 g/mol. The summed E-state index contributed by atoms with van der Waals surface area (Å²) in [5.74, 6) is 1.51. The van der Waals surface area contributed by atoms with Crippen LogP contribution in [0.3, 0.4) is 0 Å². The molecular formula is C37H27NO2. The summed E-state index contributed by atoms with van der Waals surface area (Å²) in [5, 5.41) is 4.86. The van der Waals surface area contributed by atoms with Gasteiger partial charge in [-0.2, -0.15) is 0 Å². The van der Waals surface area contributed by atoms with Gasteiger partial charge in [-0.15, -0.1) is 0 Å². The van der Waals surface area contributed by atoms with Crippen LogP contribution in [0.4, 0.5) is 0 Å². The average molecular weight is 518 g/mol. The van der Waals surface area contributed by atoms with E-state index in [1.54, 1.807) is 0 Å². The Hall–Kier alpha value is -4.76. The van der Waals surface area contributed by atoms with Gasteiger partial charge in [0.05, 0.1) is 11.2 Å². The van der Waals surface area contributed by atoms with Crippen LogP contribution in [0.2, 0.25) is 0 Å². The van der Waals surface area contributed by atoms with Gasteiger partial charge in [0.1, 0.15) is 16.9 Å². The number of aryl methyl sites for hydroxylation is 1. The summed E-state index contributed by atoms with van der Waals surface area (Å²) in [5.41, 5.74) is 11.6. The summed E-state index contributed by atoms with van der Waals surface area (Å²) in [6.07, 6.45) is 12.1. The minimum absolute atomic E-state index is 0.499. The van der Waals surface area contributed by atoms with Crippen LogP contribution >= 0.6 is 0 Å². The maximum Gasteiger partial charge on any atom is 0.159 e. The summed E-state index contributed by atoms with van der Waals surface area (Å²) in [4.78, 5) is 0. The van der Waals surface area contributed by atoms with E-state index in [0.29, 0.717) is 5.92 Å². The molecule has 192 valence electrons. The van der Waals surface area contributed by atoms with Crippen LogP contribution in [-0.4, -0.2) is 4.57 Å². The van der Waals surface area contributed by atoms with E-state index < -0.39 is 0 Å². The van der Waals surface area contributed by atoms with Crippen molar-refractivity contribution in [2.75, 3.05) is 0 Å². The highest BCUT2D eigenvalue weighted by Crippen LogP contribution is 2.41. The van der Waals surface area contributed by atoms with E-state index in [-0.39, 0.29) is 0 Å². The number of hydrogen-bond acceptors (Lipinski definition) is 2. The Balaban J connectivity index is 1.28. The second-order valence-electron chi connectivity index (χ2n) is 11.3. The van der Waals surface area contributed by atoms with Gasteiger partial charge in [-0.25, -0.2) is 0 Å². The predicted molar refractivity (Wildman–Crippen MR) is 165 cm³/mol. The van der Waals surface area contributed by atoms with Gasteiger partial charge in [-0.3, -0.25) is 0 Å². The number of para-hydroxylation sites is 2. The topological polar surface area (TPSA) is 31.2 Å². The molecule has 0 N–H and O–H groups in total. The summed E-state index contributed by atoms with van der Waals surface area (Å²) in [7, 11) is 0. The van der Waals surface area contributed by atoms with Gasteiger partial charge < -0.3 is 13.4 Å². The molecule has 4 aromatic carbocycles. The zero-order chi connectivity index (χ0) is 26.4. The molecule has 40 heavy (non-hydrogen) atoms. The van der Waals surface area contributed by atoms with Gasteiger partial charge in [-0.05, 0) is 90.4 Å². The number of fused-ring (bicyclic) bond motifs is 9. The molecule has 7 aromatic rings. The number of nitrogens with zero attached hydrogens (tertiary/aromatic N) is 1. The molecule has 0 amide bonds. The Morgan fingerprint density at radius 2 is 1.55 bits per heavy atom. The standard InChI is InChI=1S/C37H27NO2/c1-22-13-16-31-28(19-22)29-20-23(24-15-18-36-30(21-24)26-8-3-4-11-34(26)39-36)14-17-32(29)38(31)33-10-6-9-27-25-7-2-5-12-35(25)40-37(27)33/h2,4-7,9-18,20-22H,3,8,19H2,1H3. The number of hydrogen-bond donors (Lipinski definition) is 0. The van der Waals surface area contributed by atoms with Crippen molar-refractivity contribution in [3.8, 4) is 16.8 Å². The first-order valence-electron chi connectivity index (χ1n) is 14.2. The summed E-state index contributed by atoms with van der Waals surface area (Å²) >= 11 is 0. The lowest BCUT2D eigenvalue weighted by Gasteiger charge is -2.15. The Bertz CT molecular complexity index is 2210. The minimum atomic E-state index is 0.499. The van der Waals surface area contributed by atoms with Gasteiger partial charge in [0, 0.05) is 32.8 Å². The number of furan rings is 2. The Labute approximate surface area is 231 Å². The molecule has 9 rings (SSSR count). The van der Waals surface area contributed by atoms with Crippen LogP contribution in [0.25, 0.3) is 72.8 Å². The summed E-state index contributed by atoms with van der Waals surface area (Å²) in [6.45, 7) is 2.30. The maximum absolute atomic E-state index is 6.48. The number of allylic oxidation sites excluding steroid dienone is 2. The molecule has 0 saturated heterocycles. The largest absolute Gasteiger partial charge is 0.456 e. The van der Waals surface area contributed by atoms with Crippen LogP contribution in [0.15, 0.2) is 99.8 Å². The van der Waals surface area contributed by atoms with Crippen molar-refractivity contribution in [1.82, 2.24) is 4.57 Å². The molecule has 3 heteroatoms. The molecule has 2 aliphatic carbocycles. The first kappa shape index (κ1) is 22.1. The van der Waals surface area contributed by atoms with Gasteiger partial charge in [0.2, 0.25) is 0 Å². The normalized spacial score (nSPS) is 16.4. The minimum Gasteiger partial charge on any atom is -0.456 e. The Morgan fingerprint density at radius 3 is 2.50 bits per heavy atom. The van der Waals surface area contributed by atoms with E-state index >= 15 is 0 Å². The quantitative estimate of drug-likeness (QED) is 0.228. The summed E-state index contributed by atoms with van der Waals surface area (Å²) in [6, 6.07) is 28.4. The lowest BCUT2D eigenvalue weighted by atomic mass is 9.92. The zero-order valence-corrected chi connectivity index (χ0v) is 22.3. The highest BCUT2D eigenvalue weighted by Gasteiger charge is 2.24. The first-order valence-corrected chi connectivity index (χ1v) is 14.2. The molecule has 0 fully saturated rings. The van der Waals surface area contributed by atoms with Crippen molar-refractivity contribution in [3.63, 3.8) is 0 Å². The van der Waals surface area contributed by atoms with E-state index in [1.807, 2.05) is 6.07 Å². The second kappa shape index (κ2) is 8.12. The molecule has 3 heterocycles. The van der Waals surface area contributed by atoms with Crippen LogP contribution in [0, 0.1) is 5.92 Å². The number of rotatable bonds is 2. The highest BCUT2D eigenvalue weighted by molar-refractivity contribution is 6.08. The van der Waals surface area contributed by atoms with Crippen LogP contribution in [0.5, 0.6) is 0 Å². The third kappa shape index (κ3) is 3.06. The Morgan fingerprint density at radius 1 is 0.725 bits per heavy atom. The van der Waals surface area contributed by atoms with E-state index in [0.717, 1.165) is 58.2 Å². The predicted octanol–water partition coefficient (Wildman–Crippen LogP) is 10.1. The fourth-order valence-corrected chi connectivity index (χ4v) is 6.92. The van der Waals surface area contributed by atoms with Crippen LogP contribution in [0.1, 0.15) is 35.9 Å². The average Bonchev–Trinajstić information content (AvgIpc) is 3.66. The summed E-state index contributed by atoms with van der Waals surface area (Å²) < 4.78 is 15.0. The van der Waals surface area contributed by atoms with Crippen LogP contribution < -0.4 is 0 Å². The third-order valence-corrected chi connectivity index (χ3v) is 8.83. The molecule has 0 radical (unpaired) electrons. The fraction of sp³-hybridized carbons (Fsp3) is 0.135. The molecule has 1 unspecified atom stereocenters. The Kier molecular flexibility index (Phi) is 4.49. The smallest absolute Gasteiger partial charge is 0.159 e. The van der Waals surface area contributed by atoms with Gasteiger partial charge in [0.15, 0.2) is 5.58 Å². The van der Waals surface area contributed by atoms with E-state index in [9.17, 15) is 0 Å².